The van der Waals surface area contributed by atoms with Gasteiger partial charge in [-0.15, -0.1) is 0 Å². The first kappa shape index (κ1) is 21.1. The lowest BCUT2D eigenvalue weighted by atomic mass is 10.0. The summed E-state index contributed by atoms with van der Waals surface area (Å²) in [6.45, 7) is 5.66. The van der Waals surface area contributed by atoms with E-state index in [1.54, 1.807) is 33.1 Å². The molecule has 1 amide bonds. The lowest BCUT2D eigenvalue weighted by Crippen LogP contribution is -2.29. The van der Waals surface area contributed by atoms with E-state index < -0.39 is 10.0 Å². The van der Waals surface area contributed by atoms with Crippen LogP contribution in [0.1, 0.15) is 31.1 Å². The van der Waals surface area contributed by atoms with E-state index in [1.807, 2.05) is 31.2 Å². The second-order valence-electron chi connectivity index (χ2n) is 6.60. The van der Waals surface area contributed by atoms with Crippen molar-refractivity contribution < 1.29 is 17.9 Å². The van der Waals surface area contributed by atoms with Crippen molar-refractivity contribution in [3.05, 3.63) is 59.7 Å². The fourth-order valence-electron chi connectivity index (χ4n) is 2.54. The Morgan fingerprint density at radius 3 is 2.26 bits per heavy atom. The molecule has 0 aliphatic heterocycles. The third-order valence-corrected chi connectivity index (χ3v) is 5.67. The number of nitrogens with one attached hydrogen (secondary N) is 2. The highest BCUT2D eigenvalue weighted by molar-refractivity contribution is 7.89. The molecule has 0 heterocycles. The highest BCUT2D eigenvalue weighted by atomic mass is 32.2. The van der Waals surface area contributed by atoms with Gasteiger partial charge in [0, 0.05) is 25.3 Å². The van der Waals surface area contributed by atoms with Crippen molar-refractivity contribution in [3.63, 3.8) is 0 Å². The van der Waals surface area contributed by atoms with Gasteiger partial charge in [-0.1, -0.05) is 38.1 Å². The Balaban J connectivity index is 2.07. The number of amides is 1. The van der Waals surface area contributed by atoms with Gasteiger partial charge >= 0.3 is 0 Å². The van der Waals surface area contributed by atoms with E-state index in [0.717, 1.165) is 11.1 Å². The van der Waals surface area contributed by atoms with Crippen LogP contribution in [0.5, 0.6) is 0 Å². The number of benzene rings is 2. The summed E-state index contributed by atoms with van der Waals surface area (Å²) in [6.07, 6.45) is -0.384. The van der Waals surface area contributed by atoms with Gasteiger partial charge in [0.25, 0.3) is 0 Å². The van der Waals surface area contributed by atoms with Gasteiger partial charge in [0.15, 0.2) is 0 Å². The maximum atomic E-state index is 12.6. The zero-order valence-corrected chi connectivity index (χ0v) is 16.8. The predicted molar refractivity (Wildman–Crippen MR) is 106 cm³/mol. The van der Waals surface area contributed by atoms with Crippen LogP contribution < -0.4 is 10.0 Å². The fourth-order valence-corrected chi connectivity index (χ4v) is 3.57. The number of hydrogen-bond acceptors (Lipinski definition) is 4. The zero-order valence-electron chi connectivity index (χ0n) is 16.0. The van der Waals surface area contributed by atoms with Crippen molar-refractivity contribution in [3.8, 4) is 0 Å². The topological polar surface area (TPSA) is 84.5 Å². The molecule has 27 heavy (non-hydrogen) atoms. The Bertz CT molecular complexity index is 877. The van der Waals surface area contributed by atoms with Gasteiger partial charge in [-0.2, -0.15) is 0 Å². The van der Waals surface area contributed by atoms with Crippen LogP contribution in [-0.2, 0) is 19.6 Å². The fraction of sp³-hybridized carbons (Fsp3) is 0.350. The van der Waals surface area contributed by atoms with Crippen molar-refractivity contribution in [1.29, 1.82) is 0 Å². The normalized spacial score (nSPS) is 12.8. The molecule has 0 saturated heterocycles. The molecule has 6 nitrogen and oxygen atoms in total. The van der Waals surface area contributed by atoms with E-state index in [9.17, 15) is 13.2 Å². The van der Waals surface area contributed by atoms with Crippen LogP contribution in [0.15, 0.2) is 53.4 Å². The second-order valence-corrected chi connectivity index (χ2v) is 8.37. The molecule has 0 radical (unpaired) electrons. The quantitative estimate of drug-likeness (QED) is 0.725. The van der Waals surface area contributed by atoms with Crippen molar-refractivity contribution in [1.82, 2.24) is 4.72 Å². The molecule has 2 N–H and O–H groups in total. The summed E-state index contributed by atoms with van der Waals surface area (Å²) in [4.78, 5) is 11.8. The first-order valence-electron chi connectivity index (χ1n) is 8.73. The molecule has 0 fully saturated rings. The number of anilines is 1. The summed E-state index contributed by atoms with van der Waals surface area (Å²) >= 11 is 0. The van der Waals surface area contributed by atoms with Crippen LogP contribution >= 0.6 is 0 Å². The number of carbonyl (C=O) groups is 1. The van der Waals surface area contributed by atoms with E-state index in [0.29, 0.717) is 5.69 Å². The highest BCUT2D eigenvalue weighted by Crippen LogP contribution is 2.21. The summed E-state index contributed by atoms with van der Waals surface area (Å²) in [6, 6.07) is 13.8. The number of aryl methyl sites for hydroxylation is 1. The Kier molecular flexibility index (Phi) is 7.12. The number of ether oxygens (including phenoxy) is 1. The van der Waals surface area contributed by atoms with Gasteiger partial charge in [-0.05, 0) is 42.3 Å². The van der Waals surface area contributed by atoms with Gasteiger partial charge in [-0.3, -0.25) is 4.79 Å². The smallest absolute Gasteiger partial charge is 0.240 e. The van der Waals surface area contributed by atoms with E-state index in [1.165, 1.54) is 12.1 Å². The second kappa shape index (κ2) is 9.12. The van der Waals surface area contributed by atoms with E-state index in [-0.39, 0.29) is 29.4 Å². The van der Waals surface area contributed by atoms with Gasteiger partial charge in [0.1, 0.15) is 0 Å². The number of rotatable bonds is 8. The van der Waals surface area contributed by atoms with E-state index in [2.05, 4.69) is 10.0 Å². The molecular formula is C20H26N2O4S. The van der Waals surface area contributed by atoms with Crippen molar-refractivity contribution in [2.45, 2.75) is 31.8 Å². The van der Waals surface area contributed by atoms with Gasteiger partial charge in [-0.25, -0.2) is 13.1 Å². The number of carbonyl (C=O) groups excluding carboxylic acids is 1. The lowest BCUT2D eigenvalue weighted by Gasteiger charge is -2.18. The van der Waals surface area contributed by atoms with Crippen molar-refractivity contribution >= 4 is 21.6 Å². The van der Waals surface area contributed by atoms with E-state index in [4.69, 9.17) is 4.74 Å². The number of methoxy groups -OCH3 is 1. The van der Waals surface area contributed by atoms with Gasteiger partial charge in [0.05, 0.1) is 11.0 Å². The molecule has 2 rings (SSSR count). The molecular weight excluding hydrogens is 364 g/mol. The molecule has 0 bridgehead atoms. The zero-order chi connectivity index (χ0) is 20.0. The van der Waals surface area contributed by atoms with Crippen LogP contribution in [0.2, 0.25) is 0 Å². The molecule has 0 saturated carbocycles. The van der Waals surface area contributed by atoms with Crippen LogP contribution in [0.4, 0.5) is 5.69 Å². The molecule has 1 atom stereocenters. The van der Waals surface area contributed by atoms with Crippen molar-refractivity contribution in [2.24, 2.45) is 5.92 Å². The maximum absolute atomic E-state index is 12.6. The van der Waals surface area contributed by atoms with Crippen LogP contribution in [0.25, 0.3) is 0 Å². The SMILES string of the molecule is CO[C@@H](CNS(=O)(=O)c1ccc(NC(=O)C(C)C)cc1)c1ccccc1C. The van der Waals surface area contributed by atoms with Crippen LogP contribution in [0, 0.1) is 12.8 Å². The minimum atomic E-state index is -3.69. The highest BCUT2D eigenvalue weighted by Gasteiger charge is 2.19. The average molecular weight is 391 g/mol. The molecule has 0 aromatic heterocycles. The van der Waals surface area contributed by atoms with Crippen LogP contribution in [0.3, 0.4) is 0 Å². The molecule has 2 aromatic rings. The number of hydrogen-bond donors (Lipinski definition) is 2. The van der Waals surface area contributed by atoms with Gasteiger partial charge in [0.2, 0.25) is 15.9 Å². The first-order chi connectivity index (χ1) is 12.7. The maximum Gasteiger partial charge on any atom is 0.240 e. The first-order valence-corrected chi connectivity index (χ1v) is 10.2. The monoisotopic (exact) mass is 390 g/mol. The summed E-state index contributed by atoms with van der Waals surface area (Å²) in [5.74, 6) is -0.271. The molecule has 0 unspecified atom stereocenters. The summed E-state index contributed by atoms with van der Waals surface area (Å²) in [5.41, 5.74) is 2.53. The molecule has 0 spiro atoms. The van der Waals surface area contributed by atoms with Crippen LogP contribution in [-0.4, -0.2) is 28.0 Å². The molecule has 0 aliphatic carbocycles. The summed E-state index contributed by atoms with van der Waals surface area (Å²) in [5, 5.41) is 2.73. The molecule has 2 aromatic carbocycles. The summed E-state index contributed by atoms with van der Waals surface area (Å²) in [7, 11) is -2.14. The molecule has 146 valence electrons. The Morgan fingerprint density at radius 2 is 1.70 bits per heavy atom. The minimum Gasteiger partial charge on any atom is -0.375 e. The molecule has 7 heteroatoms. The Morgan fingerprint density at radius 1 is 1.07 bits per heavy atom. The Hall–Kier alpha value is -2.22. The largest absolute Gasteiger partial charge is 0.375 e. The van der Waals surface area contributed by atoms with E-state index >= 15 is 0 Å². The standard InChI is InChI=1S/C20H26N2O4S/c1-14(2)20(23)22-16-9-11-17(12-10-16)27(24,25)21-13-19(26-4)18-8-6-5-7-15(18)3/h5-12,14,19,21H,13H2,1-4H3,(H,22,23)/t19-/m0/s1. The Labute approximate surface area is 161 Å². The minimum absolute atomic E-state index is 0.120. The predicted octanol–water partition coefficient (Wildman–Crippen LogP) is 3.26. The van der Waals surface area contributed by atoms with Crippen molar-refractivity contribution in [2.75, 3.05) is 19.0 Å². The number of sulfonamides is 1. The summed E-state index contributed by atoms with van der Waals surface area (Å²) < 4.78 is 33.2. The third kappa shape index (κ3) is 5.63. The average Bonchev–Trinajstić information content (AvgIpc) is 2.64. The van der Waals surface area contributed by atoms with Gasteiger partial charge < -0.3 is 10.1 Å². The third-order valence-electron chi connectivity index (χ3n) is 4.24. The lowest BCUT2D eigenvalue weighted by molar-refractivity contribution is -0.118. The molecule has 0 aliphatic rings.